The zero-order valence-corrected chi connectivity index (χ0v) is 14.1. The molecule has 24 heavy (non-hydrogen) atoms. The summed E-state index contributed by atoms with van der Waals surface area (Å²) in [5.41, 5.74) is 0. The van der Waals surface area contributed by atoms with E-state index < -0.39 is 0 Å². The minimum Gasteiger partial charge on any atom is -0.376 e. The fourth-order valence-corrected chi connectivity index (χ4v) is 4.18. The first-order valence-electron chi connectivity index (χ1n) is 8.26. The van der Waals surface area contributed by atoms with Gasteiger partial charge in [-0.1, -0.05) is 6.07 Å². The lowest BCUT2D eigenvalue weighted by molar-refractivity contribution is -0.126. The lowest BCUT2D eigenvalue weighted by Crippen LogP contribution is -2.53. The van der Waals surface area contributed by atoms with Crippen LogP contribution in [0.3, 0.4) is 0 Å². The number of amides is 1. The van der Waals surface area contributed by atoms with E-state index >= 15 is 0 Å². The highest BCUT2D eigenvalue weighted by Crippen LogP contribution is 2.33. The number of thiophene rings is 1. The Hall–Kier alpha value is -1.99. The first-order chi connectivity index (χ1) is 11.8. The monoisotopic (exact) mass is 344 g/mol. The molecule has 2 aromatic rings. The van der Waals surface area contributed by atoms with Crippen molar-refractivity contribution in [2.24, 2.45) is 5.92 Å². The molecule has 2 saturated heterocycles. The summed E-state index contributed by atoms with van der Waals surface area (Å²) in [4.78, 5) is 24.7. The second-order valence-corrected chi connectivity index (χ2v) is 7.23. The van der Waals surface area contributed by atoms with Crippen molar-refractivity contribution >= 4 is 23.2 Å². The molecule has 3 atom stereocenters. The minimum absolute atomic E-state index is 0.0817. The minimum atomic E-state index is -0.104. The van der Waals surface area contributed by atoms with Gasteiger partial charge in [-0.15, -0.1) is 11.3 Å². The molecule has 2 aliphatic heterocycles. The van der Waals surface area contributed by atoms with Gasteiger partial charge < -0.3 is 15.0 Å². The van der Waals surface area contributed by atoms with Crippen LogP contribution in [0.4, 0.5) is 5.95 Å². The topological polar surface area (TPSA) is 67.3 Å². The molecule has 1 amide bonds. The van der Waals surface area contributed by atoms with Gasteiger partial charge in [-0.05, 0) is 30.4 Å². The fraction of sp³-hybridized carbons (Fsp3) is 0.471. The van der Waals surface area contributed by atoms with E-state index in [1.807, 2.05) is 17.5 Å². The average Bonchev–Trinajstić information content (AvgIpc) is 3.31. The van der Waals surface area contributed by atoms with Crippen molar-refractivity contribution in [1.29, 1.82) is 0 Å². The van der Waals surface area contributed by atoms with Crippen LogP contribution in [0.25, 0.3) is 0 Å². The summed E-state index contributed by atoms with van der Waals surface area (Å²) in [5, 5.41) is 5.08. The van der Waals surface area contributed by atoms with Crippen LogP contribution < -0.4 is 10.2 Å². The van der Waals surface area contributed by atoms with Gasteiger partial charge in [0, 0.05) is 30.4 Å². The van der Waals surface area contributed by atoms with E-state index in [0.29, 0.717) is 19.0 Å². The summed E-state index contributed by atoms with van der Waals surface area (Å²) in [5.74, 6) is 0.667. The van der Waals surface area contributed by atoms with Crippen molar-refractivity contribution in [2.75, 3.05) is 18.1 Å². The number of hydrogen-bond donors (Lipinski definition) is 1. The normalized spacial score (nSPS) is 26.2. The number of nitrogens with one attached hydrogen (secondary N) is 1. The lowest BCUT2D eigenvalue weighted by Gasteiger charge is -2.40. The summed E-state index contributed by atoms with van der Waals surface area (Å²) in [6.45, 7) is 1.97. The van der Waals surface area contributed by atoms with Gasteiger partial charge in [0.2, 0.25) is 11.9 Å². The van der Waals surface area contributed by atoms with Gasteiger partial charge in [0.05, 0.1) is 24.6 Å². The molecule has 1 N–H and O–H groups in total. The van der Waals surface area contributed by atoms with Gasteiger partial charge in [0.1, 0.15) is 0 Å². The van der Waals surface area contributed by atoms with Crippen molar-refractivity contribution in [3.05, 3.63) is 40.8 Å². The molecule has 4 rings (SSSR count). The molecule has 4 heterocycles. The zero-order valence-electron chi connectivity index (χ0n) is 13.3. The molecule has 2 fully saturated rings. The third-order valence-electron chi connectivity index (χ3n) is 4.71. The predicted octanol–water partition coefficient (Wildman–Crippen LogP) is 1.84. The first-order valence-corrected chi connectivity index (χ1v) is 9.14. The molecule has 0 aromatic carbocycles. The summed E-state index contributed by atoms with van der Waals surface area (Å²) in [6, 6.07) is 6.11. The number of hydrogen-bond acceptors (Lipinski definition) is 6. The Morgan fingerprint density at radius 2 is 2.25 bits per heavy atom. The van der Waals surface area contributed by atoms with Crippen LogP contribution in [0.2, 0.25) is 0 Å². The van der Waals surface area contributed by atoms with E-state index in [1.165, 1.54) is 0 Å². The molecular weight excluding hydrogens is 324 g/mol. The second kappa shape index (κ2) is 6.86. The molecule has 0 unspecified atom stereocenters. The van der Waals surface area contributed by atoms with Gasteiger partial charge in [0.15, 0.2) is 0 Å². The van der Waals surface area contributed by atoms with Crippen molar-refractivity contribution in [3.63, 3.8) is 0 Å². The number of anilines is 1. The molecule has 2 aliphatic rings. The molecular formula is C17H20N4O2S. The molecule has 0 spiro atoms. The van der Waals surface area contributed by atoms with Crippen LogP contribution in [0.5, 0.6) is 0 Å². The predicted molar refractivity (Wildman–Crippen MR) is 91.8 cm³/mol. The summed E-state index contributed by atoms with van der Waals surface area (Å²) in [6.07, 6.45) is 5.30. The Balaban J connectivity index is 1.47. The lowest BCUT2D eigenvalue weighted by atomic mass is 9.89. The largest absolute Gasteiger partial charge is 0.376 e. The Labute approximate surface area is 144 Å². The number of piperidine rings is 1. The second-order valence-electron chi connectivity index (χ2n) is 6.20. The molecule has 126 valence electrons. The maximum absolute atomic E-state index is 12.6. The van der Waals surface area contributed by atoms with E-state index in [-0.39, 0.29) is 24.0 Å². The van der Waals surface area contributed by atoms with Crippen LogP contribution in [-0.2, 0) is 16.1 Å². The third-order valence-corrected chi connectivity index (χ3v) is 5.58. The van der Waals surface area contributed by atoms with Crippen LogP contribution in [0, 0.1) is 5.92 Å². The van der Waals surface area contributed by atoms with Crippen molar-refractivity contribution in [2.45, 2.75) is 31.5 Å². The Morgan fingerprint density at radius 3 is 3.04 bits per heavy atom. The summed E-state index contributed by atoms with van der Waals surface area (Å²) in [7, 11) is 0. The number of ether oxygens (including phenoxy) is 1. The average molecular weight is 344 g/mol. The van der Waals surface area contributed by atoms with Crippen LogP contribution >= 0.6 is 11.3 Å². The number of carbonyl (C=O) groups excluding carboxylic acids is 1. The number of rotatable bonds is 4. The molecule has 0 aliphatic carbocycles. The Kier molecular flexibility index (Phi) is 4.44. The quantitative estimate of drug-likeness (QED) is 0.917. The number of nitrogens with zero attached hydrogens (tertiary/aromatic N) is 3. The van der Waals surface area contributed by atoms with Crippen molar-refractivity contribution in [1.82, 2.24) is 15.3 Å². The zero-order chi connectivity index (χ0) is 16.4. The van der Waals surface area contributed by atoms with Gasteiger partial charge in [-0.25, -0.2) is 9.97 Å². The van der Waals surface area contributed by atoms with E-state index in [0.717, 1.165) is 24.3 Å². The van der Waals surface area contributed by atoms with Gasteiger partial charge >= 0.3 is 0 Å². The van der Waals surface area contributed by atoms with Crippen molar-refractivity contribution < 1.29 is 9.53 Å². The fourth-order valence-electron chi connectivity index (χ4n) is 3.54. The summed E-state index contributed by atoms with van der Waals surface area (Å²) >= 11 is 1.65. The van der Waals surface area contributed by atoms with Gasteiger partial charge in [-0.3, -0.25) is 4.79 Å². The molecule has 0 bridgehead atoms. The highest BCUT2D eigenvalue weighted by Gasteiger charge is 2.43. The standard InChI is InChI=1S/C17H20N4O2S/c22-16(20-10-13-3-1-8-24-13)12-9-15-14(4-7-23-15)21(11-12)17-18-5-2-6-19-17/h1-3,5-6,8,12,14-15H,4,7,9-11H2,(H,20,22)/t12-,14+,15+/m1/s1. The van der Waals surface area contributed by atoms with Crippen molar-refractivity contribution in [3.8, 4) is 0 Å². The SMILES string of the molecule is O=C(NCc1cccs1)[C@@H]1C[C@@H]2OCC[C@@H]2N(c2ncccn2)C1. The highest BCUT2D eigenvalue weighted by molar-refractivity contribution is 7.09. The summed E-state index contributed by atoms with van der Waals surface area (Å²) < 4.78 is 5.86. The third kappa shape index (κ3) is 3.14. The molecule has 2 aromatic heterocycles. The molecule has 7 heteroatoms. The number of carbonyl (C=O) groups is 1. The van der Waals surface area contributed by atoms with E-state index in [4.69, 9.17) is 4.74 Å². The van der Waals surface area contributed by atoms with Gasteiger partial charge in [-0.2, -0.15) is 0 Å². The number of aromatic nitrogens is 2. The first kappa shape index (κ1) is 15.5. The van der Waals surface area contributed by atoms with E-state index in [9.17, 15) is 4.79 Å². The molecule has 0 radical (unpaired) electrons. The molecule has 0 saturated carbocycles. The smallest absolute Gasteiger partial charge is 0.225 e. The maximum atomic E-state index is 12.6. The van der Waals surface area contributed by atoms with Crippen LogP contribution in [-0.4, -0.2) is 41.2 Å². The maximum Gasteiger partial charge on any atom is 0.225 e. The Morgan fingerprint density at radius 1 is 1.38 bits per heavy atom. The number of fused-ring (bicyclic) bond motifs is 1. The molecule has 6 nitrogen and oxygen atoms in total. The van der Waals surface area contributed by atoms with Gasteiger partial charge in [0.25, 0.3) is 0 Å². The van der Waals surface area contributed by atoms with Crippen LogP contribution in [0.1, 0.15) is 17.7 Å². The van der Waals surface area contributed by atoms with E-state index in [1.54, 1.807) is 29.8 Å². The van der Waals surface area contributed by atoms with Crippen LogP contribution in [0.15, 0.2) is 36.0 Å². The van der Waals surface area contributed by atoms with E-state index in [2.05, 4.69) is 20.2 Å². The highest BCUT2D eigenvalue weighted by atomic mass is 32.1. The Bertz CT molecular complexity index is 679.